The minimum atomic E-state index is -0.727. The summed E-state index contributed by atoms with van der Waals surface area (Å²) in [6, 6.07) is 5.50. The Morgan fingerprint density at radius 3 is 2.97 bits per heavy atom. The van der Waals surface area contributed by atoms with Gasteiger partial charge in [0, 0.05) is 17.7 Å². The second kappa shape index (κ2) is 7.88. The van der Waals surface area contributed by atoms with E-state index in [1.807, 2.05) is 25.1 Å². The van der Waals surface area contributed by atoms with Crippen LogP contribution in [0.4, 0.5) is 11.5 Å². The van der Waals surface area contributed by atoms with Gasteiger partial charge in [-0.1, -0.05) is 6.07 Å². The average Bonchev–Trinajstić information content (AvgIpc) is 3.44. The summed E-state index contributed by atoms with van der Waals surface area (Å²) in [6.45, 7) is 3.16. The highest BCUT2D eigenvalue weighted by Gasteiger charge is 2.35. The van der Waals surface area contributed by atoms with Crippen LogP contribution in [0.15, 0.2) is 29.9 Å². The van der Waals surface area contributed by atoms with Gasteiger partial charge in [-0.2, -0.15) is 0 Å². The van der Waals surface area contributed by atoms with E-state index in [2.05, 4.69) is 15.3 Å². The number of benzene rings is 1. The largest absolute Gasteiger partial charge is 0.383 e. The summed E-state index contributed by atoms with van der Waals surface area (Å²) in [5.41, 5.74) is 11.4. The number of anilines is 2. The van der Waals surface area contributed by atoms with Gasteiger partial charge in [0.15, 0.2) is 0 Å². The zero-order valence-electron chi connectivity index (χ0n) is 16.8. The number of ether oxygens (including phenoxy) is 2. The van der Waals surface area contributed by atoms with E-state index < -0.39 is 11.8 Å². The van der Waals surface area contributed by atoms with Crippen LogP contribution in [0.5, 0.6) is 0 Å². The molecule has 2 aliphatic rings. The minimum Gasteiger partial charge on any atom is -0.383 e. The van der Waals surface area contributed by atoms with Crippen LogP contribution in [0.3, 0.4) is 0 Å². The van der Waals surface area contributed by atoms with Gasteiger partial charge in [-0.25, -0.2) is 9.97 Å². The molecule has 1 saturated heterocycles. The fourth-order valence-electron chi connectivity index (χ4n) is 3.99. The number of nitrogen functional groups attached to an aromatic ring is 1. The number of nitrogens with two attached hydrogens (primary N) is 1. The number of amides is 2. The first-order valence-electron chi connectivity index (χ1n) is 9.92. The fourth-order valence-corrected chi connectivity index (χ4v) is 4.65. The summed E-state index contributed by atoms with van der Waals surface area (Å²) >= 11 is 1.55. The number of fused-ring (bicyclic) bond motifs is 2. The molecule has 160 valence electrons. The molecule has 4 heterocycles. The zero-order chi connectivity index (χ0) is 21.5. The molecule has 31 heavy (non-hydrogen) atoms. The van der Waals surface area contributed by atoms with Gasteiger partial charge in [0.1, 0.15) is 5.82 Å². The normalized spacial score (nSPS) is 20.6. The summed E-state index contributed by atoms with van der Waals surface area (Å²) in [5.74, 6) is -0.978. The Labute approximate surface area is 182 Å². The lowest BCUT2D eigenvalue weighted by Crippen LogP contribution is -2.50. The number of pyridine rings is 1. The van der Waals surface area contributed by atoms with Gasteiger partial charge in [-0.15, -0.1) is 11.3 Å². The van der Waals surface area contributed by atoms with Crippen molar-refractivity contribution in [2.24, 2.45) is 0 Å². The van der Waals surface area contributed by atoms with Crippen LogP contribution in [0.1, 0.15) is 29.7 Å². The third-order valence-corrected chi connectivity index (χ3v) is 6.45. The van der Waals surface area contributed by atoms with E-state index in [0.717, 1.165) is 26.9 Å². The molecule has 9 nitrogen and oxygen atoms in total. The molecular formula is C21H21N5O4S. The first-order valence-corrected chi connectivity index (χ1v) is 10.8. The van der Waals surface area contributed by atoms with Crippen molar-refractivity contribution in [3.8, 4) is 0 Å². The van der Waals surface area contributed by atoms with Crippen molar-refractivity contribution in [1.82, 2.24) is 14.9 Å². The summed E-state index contributed by atoms with van der Waals surface area (Å²) in [6.07, 6.45) is 1.29. The van der Waals surface area contributed by atoms with E-state index >= 15 is 0 Å². The first-order chi connectivity index (χ1) is 15.0. The standard InChI is InChI=1S/C21H21N5O4S/c1-11-6-26(17(9-30-11)12-2-3-18-15(4-12)24-10-31-18)21(28)20(27)25-16-5-23-19(22)14-8-29-7-13(14)16/h2-5,10-11,17H,6-9H2,1H3,(H2,22,23)(H,25,27). The summed E-state index contributed by atoms with van der Waals surface area (Å²) in [7, 11) is 0. The number of hydrogen-bond acceptors (Lipinski definition) is 8. The van der Waals surface area contributed by atoms with Crippen LogP contribution in [0.2, 0.25) is 0 Å². The lowest BCUT2D eigenvalue weighted by atomic mass is 10.0. The zero-order valence-corrected chi connectivity index (χ0v) is 17.6. The quantitative estimate of drug-likeness (QED) is 0.588. The molecule has 2 atom stereocenters. The van der Waals surface area contributed by atoms with Crippen molar-refractivity contribution >= 4 is 44.9 Å². The third-order valence-electron chi connectivity index (χ3n) is 5.64. The molecular weight excluding hydrogens is 418 g/mol. The summed E-state index contributed by atoms with van der Waals surface area (Å²) in [4.78, 5) is 36.1. The van der Waals surface area contributed by atoms with E-state index in [9.17, 15) is 9.59 Å². The van der Waals surface area contributed by atoms with Crippen molar-refractivity contribution in [1.29, 1.82) is 0 Å². The van der Waals surface area contributed by atoms with Crippen molar-refractivity contribution < 1.29 is 19.1 Å². The number of carbonyl (C=O) groups excluding carboxylic acids is 2. The van der Waals surface area contributed by atoms with Crippen LogP contribution >= 0.6 is 11.3 Å². The highest BCUT2D eigenvalue weighted by Crippen LogP contribution is 2.32. The van der Waals surface area contributed by atoms with E-state index in [-0.39, 0.29) is 12.1 Å². The molecule has 1 aromatic carbocycles. The Morgan fingerprint density at radius 2 is 2.10 bits per heavy atom. The van der Waals surface area contributed by atoms with Gasteiger partial charge in [0.25, 0.3) is 0 Å². The molecule has 0 aliphatic carbocycles. The maximum atomic E-state index is 13.2. The number of nitrogens with zero attached hydrogens (tertiary/aromatic N) is 3. The number of carbonyl (C=O) groups is 2. The van der Waals surface area contributed by atoms with E-state index in [4.69, 9.17) is 15.2 Å². The highest BCUT2D eigenvalue weighted by atomic mass is 32.1. The van der Waals surface area contributed by atoms with Gasteiger partial charge in [-0.05, 0) is 24.6 Å². The molecule has 5 rings (SSSR count). The third kappa shape index (κ3) is 3.62. The van der Waals surface area contributed by atoms with Crippen LogP contribution in [0.25, 0.3) is 10.2 Å². The maximum absolute atomic E-state index is 13.2. The monoisotopic (exact) mass is 439 g/mol. The molecule has 0 saturated carbocycles. The van der Waals surface area contributed by atoms with E-state index in [0.29, 0.717) is 37.9 Å². The van der Waals surface area contributed by atoms with Crippen LogP contribution in [0, 0.1) is 0 Å². The molecule has 3 aromatic rings. The number of hydrogen-bond donors (Lipinski definition) is 2. The number of rotatable bonds is 2. The predicted molar refractivity (Wildman–Crippen MR) is 115 cm³/mol. The van der Waals surface area contributed by atoms with Crippen LogP contribution in [-0.4, -0.2) is 45.9 Å². The minimum absolute atomic E-state index is 0.174. The molecule has 2 amide bonds. The van der Waals surface area contributed by atoms with Crippen molar-refractivity contribution in [3.05, 3.63) is 46.6 Å². The highest BCUT2D eigenvalue weighted by molar-refractivity contribution is 7.16. The number of aromatic nitrogens is 2. The Morgan fingerprint density at radius 1 is 1.26 bits per heavy atom. The molecule has 0 spiro atoms. The van der Waals surface area contributed by atoms with Crippen LogP contribution < -0.4 is 11.1 Å². The molecule has 0 radical (unpaired) electrons. The average molecular weight is 439 g/mol. The molecule has 2 unspecified atom stereocenters. The Kier molecular flexibility index (Phi) is 5.05. The molecule has 10 heteroatoms. The molecule has 0 bridgehead atoms. The second-order valence-corrected chi connectivity index (χ2v) is 8.54. The lowest BCUT2D eigenvalue weighted by molar-refractivity contribution is -0.152. The van der Waals surface area contributed by atoms with Crippen LogP contribution in [-0.2, 0) is 32.3 Å². The van der Waals surface area contributed by atoms with Gasteiger partial charge >= 0.3 is 11.8 Å². The van der Waals surface area contributed by atoms with E-state index in [1.165, 1.54) is 6.20 Å². The Bertz CT molecular complexity index is 1180. The fraction of sp³-hybridized carbons (Fsp3) is 0.333. The van der Waals surface area contributed by atoms with Gasteiger partial charge in [0.05, 0.1) is 59.6 Å². The van der Waals surface area contributed by atoms with Gasteiger partial charge in [0.2, 0.25) is 0 Å². The number of thiazole rings is 1. The number of nitrogens with one attached hydrogen (secondary N) is 1. The predicted octanol–water partition coefficient (Wildman–Crippen LogP) is 2.23. The summed E-state index contributed by atoms with van der Waals surface area (Å²) < 4.78 is 12.3. The Hall–Kier alpha value is -3.08. The summed E-state index contributed by atoms with van der Waals surface area (Å²) in [5, 5.41) is 2.70. The van der Waals surface area contributed by atoms with E-state index in [1.54, 1.807) is 21.7 Å². The topological polar surface area (TPSA) is 120 Å². The Balaban J connectivity index is 1.40. The van der Waals surface area contributed by atoms with Crippen molar-refractivity contribution in [2.75, 3.05) is 24.2 Å². The number of morpholine rings is 1. The molecule has 2 aliphatic heterocycles. The van der Waals surface area contributed by atoms with Crippen molar-refractivity contribution in [3.63, 3.8) is 0 Å². The second-order valence-electron chi connectivity index (χ2n) is 7.66. The first kappa shape index (κ1) is 19.9. The SMILES string of the molecule is CC1CN(C(=O)C(=O)Nc2cnc(N)c3c2COC3)C(c2ccc3scnc3c2)CO1. The van der Waals surface area contributed by atoms with Gasteiger partial charge in [-0.3, -0.25) is 9.59 Å². The van der Waals surface area contributed by atoms with Gasteiger partial charge < -0.3 is 25.4 Å². The van der Waals surface area contributed by atoms with Crippen molar-refractivity contribution in [2.45, 2.75) is 32.3 Å². The maximum Gasteiger partial charge on any atom is 0.313 e. The molecule has 3 N–H and O–H groups in total. The lowest BCUT2D eigenvalue weighted by Gasteiger charge is -2.38. The molecule has 1 fully saturated rings. The smallest absolute Gasteiger partial charge is 0.313 e. The molecule has 2 aromatic heterocycles.